The van der Waals surface area contributed by atoms with E-state index in [9.17, 15) is 0 Å². The van der Waals surface area contributed by atoms with Crippen LogP contribution in [0.1, 0.15) is 11.1 Å². The van der Waals surface area contributed by atoms with Crippen LogP contribution < -0.4 is 22.1 Å². The number of nitrogen functional groups attached to an aromatic ring is 2. The molecule has 0 atom stereocenters. The van der Waals surface area contributed by atoms with E-state index in [1.165, 1.54) is 5.56 Å². The van der Waals surface area contributed by atoms with E-state index in [1.807, 2.05) is 66.7 Å². The number of hydrogen-bond acceptors (Lipinski definition) is 4. The van der Waals surface area contributed by atoms with Crippen LogP contribution in [0, 0.1) is 0 Å². The zero-order valence-corrected chi connectivity index (χ0v) is 16.1. The van der Waals surface area contributed by atoms with Gasteiger partial charge in [-0.15, -0.1) is 0 Å². The van der Waals surface area contributed by atoms with Crippen LogP contribution in [0.2, 0.25) is 0 Å². The Balaban J connectivity index is 1.45. The third-order valence-corrected chi connectivity index (χ3v) is 4.75. The summed E-state index contributed by atoms with van der Waals surface area (Å²) >= 11 is 0. The molecule has 0 spiro atoms. The van der Waals surface area contributed by atoms with Gasteiger partial charge in [-0.05, 0) is 84.3 Å². The Hall–Kier alpha value is -3.92. The number of anilines is 6. The summed E-state index contributed by atoms with van der Waals surface area (Å²) in [4.78, 5) is 0. The van der Waals surface area contributed by atoms with Crippen LogP contribution in [0.5, 0.6) is 0 Å². The monoisotopic (exact) mass is 380 g/mol. The highest BCUT2D eigenvalue weighted by atomic mass is 14.9. The van der Waals surface area contributed by atoms with Crippen LogP contribution in [-0.2, 0) is 6.42 Å². The predicted molar refractivity (Wildman–Crippen MR) is 124 cm³/mol. The first-order valence-electron chi connectivity index (χ1n) is 9.58. The summed E-state index contributed by atoms with van der Waals surface area (Å²) in [6, 6.07) is 32.3. The molecular formula is C25H24N4. The van der Waals surface area contributed by atoms with Crippen molar-refractivity contribution in [2.45, 2.75) is 6.42 Å². The topological polar surface area (TPSA) is 76.1 Å². The van der Waals surface area contributed by atoms with Crippen LogP contribution in [0.3, 0.4) is 0 Å². The van der Waals surface area contributed by atoms with Crippen molar-refractivity contribution >= 4 is 34.1 Å². The molecule has 0 bridgehead atoms. The van der Waals surface area contributed by atoms with Gasteiger partial charge in [-0.25, -0.2) is 0 Å². The normalized spacial score (nSPS) is 10.5. The number of hydrogen-bond donors (Lipinski definition) is 4. The van der Waals surface area contributed by atoms with Crippen molar-refractivity contribution in [2.75, 3.05) is 22.1 Å². The van der Waals surface area contributed by atoms with Crippen molar-refractivity contribution in [1.29, 1.82) is 0 Å². The van der Waals surface area contributed by atoms with Crippen molar-refractivity contribution in [3.05, 3.63) is 108 Å². The second kappa shape index (κ2) is 8.40. The SMILES string of the molecule is Nc1ccc(Nc2ccc(Cc3cc(Nc4ccccc4)ccc3N)cc2)cc1. The molecule has 4 heteroatoms. The van der Waals surface area contributed by atoms with Crippen molar-refractivity contribution in [2.24, 2.45) is 0 Å². The molecule has 0 aliphatic rings. The summed E-state index contributed by atoms with van der Waals surface area (Å²) in [5, 5.41) is 6.80. The van der Waals surface area contributed by atoms with E-state index < -0.39 is 0 Å². The van der Waals surface area contributed by atoms with Gasteiger partial charge >= 0.3 is 0 Å². The molecule has 0 saturated carbocycles. The van der Waals surface area contributed by atoms with Crippen LogP contribution >= 0.6 is 0 Å². The van der Waals surface area contributed by atoms with Crippen molar-refractivity contribution < 1.29 is 0 Å². The van der Waals surface area contributed by atoms with Gasteiger partial charge in [-0.3, -0.25) is 0 Å². The summed E-state index contributed by atoms with van der Waals surface area (Å²) in [5.74, 6) is 0. The molecule has 29 heavy (non-hydrogen) atoms. The Bertz CT molecular complexity index is 1070. The first-order valence-corrected chi connectivity index (χ1v) is 9.58. The van der Waals surface area contributed by atoms with Crippen molar-refractivity contribution in [3.63, 3.8) is 0 Å². The van der Waals surface area contributed by atoms with Crippen molar-refractivity contribution in [3.8, 4) is 0 Å². The lowest BCUT2D eigenvalue weighted by Gasteiger charge is -2.12. The van der Waals surface area contributed by atoms with Gasteiger partial charge in [-0.2, -0.15) is 0 Å². The van der Waals surface area contributed by atoms with E-state index in [1.54, 1.807) is 0 Å². The third kappa shape index (κ3) is 4.87. The molecule has 0 radical (unpaired) electrons. The minimum absolute atomic E-state index is 0.757. The fraction of sp³-hybridized carbons (Fsp3) is 0.0400. The predicted octanol–water partition coefficient (Wildman–Crippen LogP) is 5.93. The second-order valence-corrected chi connectivity index (χ2v) is 7.03. The van der Waals surface area contributed by atoms with Gasteiger partial charge in [0.05, 0.1) is 0 Å². The molecule has 144 valence electrons. The quantitative estimate of drug-likeness (QED) is 0.313. The maximum absolute atomic E-state index is 6.22. The molecule has 4 aromatic carbocycles. The van der Waals surface area contributed by atoms with E-state index in [0.29, 0.717) is 0 Å². The molecular weight excluding hydrogens is 356 g/mol. The van der Waals surface area contributed by atoms with Gasteiger partial charge in [0, 0.05) is 34.1 Å². The number of rotatable bonds is 6. The molecule has 0 unspecified atom stereocenters. The lowest BCUT2D eigenvalue weighted by atomic mass is 10.0. The molecule has 0 amide bonds. The highest BCUT2D eigenvalue weighted by Gasteiger charge is 2.04. The van der Waals surface area contributed by atoms with E-state index >= 15 is 0 Å². The summed E-state index contributed by atoms with van der Waals surface area (Å²) in [7, 11) is 0. The largest absolute Gasteiger partial charge is 0.399 e. The standard InChI is InChI=1S/C25H24N4/c26-20-8-12-23(13-9-20)28-22-10-6-18(7-11-22)16-19-17-24(14-15-25(19)27)29-21-4-2-1-3-5-21/h1-15,17,28-29H,16,26-27H2. The van der Waals surface area contributed by atoms with Crippen LogP contribution in [0.25, 0.3) is 0 Å². The first kappa shape index (κ1) is 18.4. The highest BCUT2D eigenvalue weighted by molar-refractivity contribution is 5.65. The fourth-order valence-electron chi connectivity index (χ4n) is 3.18. The van der Waals surface area contributed by atoms with E-state index in [-0.39, 0.29) is 0 Å². The smallest absolute Gasteiger partial charge is 0.0388 e. The highest BCUT2D eigenvalue weighted by Crippen LogP contribution is 2.25. The van der Waals surface area contributed by atoms with Crippen LogP contribution in [0.4, 0.5) is 34.1 Å². The summed E-state index contributed by atoms with van der Waals surface area (Å²) < 4.78 is 0. The van der Waals surface area contributed by atoms with Gasteiger partial charge in [-0.1, -0.05) is 30.3 Å². The Morgan fingerprint density at radius 2 is 1.10 bits per heavy atom. The summed E-state index contributed by atoms with van der Waals surface area (Å²) in [6.07, 6.45) is 0.776. The number of para-hydroxylation sites is 1. The Kier molecular flexibility index (Phi) is 5.34. The average Bonchev–Trinajstić information content (AvgIpc) is 2.74. The zero-order valence-electron chi connectivity index (χ0n) is 16.1. The van der Waals surface area contributed by atoms with Gasteiger partial charge in [0.25, 0.3) is 0 Å². The van der Waals surface area contributed by atoms with Crippen LogP contribution in [-0.4, -0.2) is 0 Å². The average molecular weight is 380 g/mol. The molecule has 4 rings (SSSR count). The summed E-state index contributed by atoms with van der Waals surface area (Å²) in [6.45, 7) is 0. The first-order chi connectivity index (χ1) is 14.2. The number of benzene rings is 4. The number of nitrogens with one attached hydrogen (secondary N) is 2. The molecule has 0 aliphatic heterocycles. The molecule has 0 aliphatic carbocycles. The molecule has 6 N–H and O–H groups in total. The van der Waals surface area contributed by atoms with E-state index in [2.05, 4.69) is 41.0 Å². The summed E-state index contributed by atoms with van der Waals surface area (Å²) in [5.41, 5.74) is 20.0. The third-order valence-electron chi connectivity index (χ3n) is 4.75. The Morgan fingerprint density at radius 3 is 1.79 bits per heavy atom. The Morgan fingerprint density at radius 1 is 0.552 bits per heavy atom. The maximum Gasteiger partial charge on any atom is 0.0388 e. The molecule has 0 aromatic heterocycles. The van der Waals surface area contributed by atoms with Gasteiger partial charge < -0.3 is 22.1 Å². The fourth-order valence-corrected chi connectivity index (χ4v) is 3.18. The van der Waals surface area contributed by atoms with Gasteiger partial charge in [0.15, 0.2) is 0 Å². The van der Waals surface area contributed by atoms with Gasteiger partial charge in [0.1, 0.15) is 0 Å². The van der Waals surface area contributed by atoms with Crippen LogP contribution in [0.15, 0.2) is 97.1 Å². The lowest BCUT2D eigenvalue weighted by molar-refractivity contribution is 1.20. The van der Waals surface area contributed by atoms with E-state index in [0.717, 1.165) is 46.1 Å². The Labute approximate surface area is 171 Å². The maximum atomic E-state index is 6.22. The lowest BCUT2D eigenvalue weighted by Crippen LogP contribution is -1.99. The minimum Gasteiger partial charge on any atom is -0.399 e. The van der Waals surface area contributed by atoms with Crippen molar-refractivity contribution in [1.82, 2.24) is 0 Å². The zero-order chi connectivity index (χ0) is 20.1. The second-order valence-electron chi connectivity index (χ2n) is 7.03. The molecule has 4 nitrogen and oxygen atoms in total. The number of nitrogens with two attached hydrogens (primary N) is 2. The molecule has 4 aromatic rings. The van der Waals surface area contributed by atoms with E-state index in [4.69, 9.17) is 11.5 Å². The molecule has 0 heterocycles. The minimum atomic E-state index is 0.757. The molecule has 0 saturated heterocycles. The molecule has 0 fully saturated rings. The van der Waals surface area contributed by atoms with Gasteiger partial charge in [0.2, 0.25) is 0 Å².